The van der Waals surface area contributed by atoms with Crippen LogP contribution in [-0.4, -0.2) is 11.8 Å². The molecule has 1 aromatic rings. The topological polar surface area (TPSA) is 62.1 Å². The molecule has 0 saturated carbocycles. The van der Waals surface area contributed by atoms with Gasteiger partial charge in [0, 0.05) is 18.6 Å². The van der Waals surface area contributed by atoms with Gasteiger partial charge in [-0.15, -0.1) is 0 Å². The number of hydrogen-bond acceptors (Lipinski definition) is 2. The second kappa shape index (κ2) is 12.1. The van der Waals surface area contributed by atoms with E-state index in [1.54, 1.807) is 17.0 Å². The Morgan fingerprint density at radius 1 is 0.905 bits per heavy atom. The van der Waals surface area contributed by atoms with Gasteiger partial charge in [0.1, 0.15) is 0 Å². The van der Waals surface area contributed by atoms with Crippen LogP contribution in [0.5, 0.6) is 0 Å². The zero-order chi connectivity index (χ0) is 14.6. The first-order chi connectivity index (χ1) is 9.72. The monoisotopic (exact) mass is 313 g/mol. The largest absolute Gasteiger partial charge is 1.00 e. The summed E-state index contributed by atoms with van der Waals surface area (Å²) in [7, 11) is 0. The van der Waals surface area contributed by atoms with Crippen molar-refractivity contribution in [2.45, 2.75) is 52.0 Å². The Labute approximate surface area is 132 Å². The van der Waals surface area contributed by atoms with Crippen molar-refractivity contribution >= 4 is 11.8 Å². The molecule has 0 aromatic carbocycles. The lowest BCUT2D eigenvalue weighted by Crippen LogP contribution is -3.00. The maximum absolute atomic E-state index is 11.6. The number of amides is 2. The molecule has 118 valence electrons. The standard InChI is InChI=1S/C15H23N3O2.ClH/c1-2-3-4-5-7-10-14(19)16-17-15(20)13-18-11-8-6-9-12-18;/h6,8-9,11-12H,2-5,7,10,13H2,1H3,(H-,16,17,19,20);1H. The van der Waals surface area contributed by atoms with E-state index in [-0.39, 0.29) is 30.8 Å². The SMILES string of the molecule is CCCCCCCC(=O)NNC(=O)C[n+]1ccccc1.[Cl-]. The first-order valence-electron chi connectivity index (χ1n) is 7.24. The molecule has 0 bridgehead atoms. The summed E-state index contributed by atoms with van der Waals surface area (Å²) in [6.07, 6.45) is 9.57. The zero-order valence-electron chi connectivity index (χ0n) is 12.5. The molecule has 0 radical (unpaired) electrons. The summed E-state index contributed by atoms with van der Waals surface area (Å²) >= 11 is 0. The third-order valence-corrected chi connectivity index (χ3v) is 2.95. The number of hydrazine groups is 1. The number of carbonyl (C=O) groups is 2. The average Bonchev–Trinajstić information content (AvgIpc) is 2.46. The third-order valence-electron chi connectivity index (χ3n) is 2.95. The minimum Gasteiger partial charge on any atom is -1.00 e. The molecule has 2 N–H and O–H groups in total. The zero-order valence-corrected chi connectivity index (χ0v) is 13.2. The fourth-order valence-electron chi connectivity index (χ4n) is 1.84. The molecule has 0 aliphatic rings. The van der Waals surface area contributed by atoms with Gasteiger partial charge in [0.15, 0.2) is 12.4 Å². The van der Waals surface area contributed by atoms with E-state index < -0.39 is 0 Å². The van der Waals surface area contributed by atoms with Crippen molar-refractivity contribution in [1.29, 1.82) is 0 Å². The quantitative estimate of drug-likeness (QED) is 0.348. The molecule has 5 nitrogen and oxygen atoms in total. The molecule has 0 aliphatic carbocycles. The lowest BCUT2D eigenvalue weighted by atomic mass is 10.1. The fraction of sp³-hybridized carbons (Fsp3) is 0.533. The van der Waals surface area contributed by atoms with Gasteiger partial charge in [0.2, 0.25) is 12.5 Å². The molecule has 0 aliphatic heterocycles. The van der Waals surface area contributed by atoms with E-state index >= 15 is 0 Å². The summed E-state index contributed by atoms with van der Waals surface area (Å²) in [4.78, 5) is 23.1. The molecule has 2 amide bonds. The normalized spacial score (nSPS) is 9.57. The van der Waals surface area contributed by atoms with Crippen LogP contribution in [0.2, 0.25) is 0 Å². The summed E-state index contributed by atoms with van der Waals surface area (Å²) in [6, 6.07) is 5.58. The highest BCUT2D eigenvalue weighted by Crippen LogP contribution is 2.04. The smallest absolute Gasteiger partial charge is 0.304 e. The van der Waals surface area contributed by atoms with Crippen LogP contribution in [-0.2, 0) is 16.1 Å². The average molecular weight is 314 g/mol. The minimum absolute atomic E-state index is 0. The summed E-state index contributed by atoms with van der Waals surface area (Å²) in [5.74, 6) is -0.367. The number of rotatable bonds is 8. The van der Waals surface area contributed by atoms with Gasteiger partial charge in [-0.1, -0.05) is 38.7 Å². The number of halogens is 1. The first kappa shape index (κ1) is 19.4. The van der Waals surface area contributed by atoms with Crippen molar-refractivity contribution in [3.8, 4) is 0 Å². The Morgan fingerprint density at radius 3 is 2.19 bits per heavy atom. The Bertz CT molecular complexity index is 413. The van der Waals surface area contributed by atoms with Crippen LogP contribution >= 0.6 is 0 Å². The van der Waals surface area contributed by atoms with Crippen molar-refractivity contribution in [1.82, 2.24) is 10.9 Å². The van der Waals surface area contributed by atoms with E-state index in [2.05, 4.69) is 17.8 Å². The molecule has 0 unspecified atom stereocenters. The van der Waals surface area contributed by atoms with E-state index in [1.807, 2.05) is 18.2 Å². The summed E-state index contributed by atoms with van der Waals surface area (Å²) in [6.45, 7) is 2.35. The van der Waals surface area contributed by atoms with Gasteiger partial charge in [0.25, 0.3) is 0 Å². The number of pyridine rings is 1. The van der Waals surface area contributed by atoms with E-state index in [4.69, 9.17) is 0 Å². The highest BCUT2D eigenvalue weighted by Gasteiger charge is 2.09. The predicted molar refractivity (Wildman–Crippen MR) is 76.3 cm³/mol. The highest BCUT2D eigenvalue weighted by atomic mass is 35.5. The van der Waals surface area contributed by atoms with E-state index in [1.165, 1.54) is 19.3 Å². The van der Waals surface area contributed by atoms with Crippen molar-refractivity contribution in [2.24, 2.45) is 0 Å². The van der Waals surface area contributed by atoms with Crippen LogP contribution in [0.1, 0.15) is 45.4 Å². The second-order valence-corrected chi connectivity index (χ2v) is 4.81. The van der Waals surface area contributed by atoms with Gasteiger partial charge < -0.3 is 12.4 Å². The van der Waals surface area contributed by atoms with Crippen LogP contribution in [0, 0.1) is 0 Å². The number of nitrogens with zero attached hydrogens (tertiary/aromatic N) is 1. The van der Waals surface area contributed by atoms with Gasteiger partial charge in [-0.2, -0.15) is 4.57 Å². The lowest BCUT2D eigenvalue weighted by Gasteiger charge is -2.05. The molecular formula is C15H24ClN3O2. The number of hydrogen-bond donors (Lipinski definition) is 2. The van der Waals surface area contributed by atoms with Crippen LogP contribution in [0.25, 0.3) is 0 Å². The predicted octanol–water partition coefficient (Wildman–Crippen LogP) is -1.51. The Hall–Kier alpha value is -1.62. The molecule has 1 aromatic heterocycles. The summed E-state index contributed by atoms with van der Waals surface area (Å²) in [5.41, 5.74) is 4.87. The maximum Gasteiger partial charge on any atom is 0.304 e. The molecule has 6 heteroatoms. The van der Waals surface area contributed by atoms with Gasteiger partial charge in [-0.25, -0.2) is 0 Å². The number of carbonyl (C=O) groups excluding carboxylic acids is 2. The third kappa shape index (κ3) is 9.85. The fourth-order valence-corrected chi connectivity index (χ4v) is 1.84. The number of aromatic nitrogens is 1. The van der Waals surface area contributed by atoms with Gasteiger partial charge in [-0.05, 0) is 6.42 Å². The van der Waals surface area contributed by atoms with Crippen LogP contribution < -0.4 is 27.8 Å². The lowest BCUT2D eigenvalue weighted by molar-refractivity contribution is -0.684. The van der Waals surface area contributed by atoms with E-state index in [0.29, 0.717) is 6.42 Å². The van der Waals surface area contributed by atoms with Gasteiger partial charge in [-0.3, -0.25) is 20.4 Å². The Balaban J connectivity index is 0.00000400. The molecular weight excluding hydrogens is 290 g/mol. The maximum atomic E-state index is 11.6. The first-order valence-corrected chi connectivity index (χ1v) is 7.24. The van der Waals surface area contributed by atoms with Crippen LogP contribution in [0.4, 0.5) is 0 Å². The minimum atomic E-state index is -0.236. The molecule has 21 heavy (non-hydrogen) atoms. The van der Waals surface area contributed by atoms with Gasteiger partial charge >= 0.3 is 5.91 Å². The highest BCUT2D eigenvalue weighted by molar-refractivity contribution is 5.81. The summed E-state index contributed by atoms with van der Waals surface area (Å²) in [5, 5.41) is 0. The molecule has 0 saturated heterocycles. The Morgan fingerprint density at radius 2 is 1.52 bits per heavy atom. The molecule has 1 rings (SSSR count). The van der Waals surface area contributed by atoms with E-state index in [9.17, 15) is 9.59 Å². The molecule has 0 atom stereocenters. The Kier molecular flexibility index (Phi) is 11.2. The van der Waals surface area contributed by atoms with Crippen molar-refractivity contribution in [3.63, 3.8) is 0 Å². The number of unbranched alkanes of at least 4 members (excludes halogenated alkanes) is 4. The van der Waals surface area contributed by atoms with Gasteiger partial charge in [0.05, 0.1) is 0 Å². The molecule has 1 heterocycles. The summed E-state index contributed by atoms with van der Waals surface area (Å²) < 4.78 is 1.74. The van der Waals surface area contributed by atoms with Crippen molar-refractivity contribution in [2.75, 3.05) is 0 Å². The van der Waals surface area contributed by atoms with Crippen LogP contribution in [0.3, 0.4) is 0 Å². The molecule has 0 fully saturated rings. The second-order valence-electron chi connectivity index (χ2n) is 4.81. The van der Waals surface area contributed by atoms with Crippen LogP contribution in [0.15, 0.2) is 30.6 Å². The van der Waals surface area contributed by atoms with E-state index in [0.717, 1.165) is 12.8 Å². The van der Waals surface area contributed by atoms with Crippen molar-refractivity contribution in [3.05, 3.63) is 30.6 Å². The number of nitrogens with one attached hydrogen (secondary N) is 2. The molecule has 0 spiro atoms. The van der Waals surface area contributed by atoms with Crippen molar-refractivity contribution < 1.29 is 26.6 Å².